The fourth-order valence-electron chi connectivity index (χ4n) is 2.06. The molecule has 3 N–H and O–H groups in total. The summed E-state index contributed by atoms with van der Waals surface area (Å²) >= 11 is 0. The molecule has 0 aliphatic heterocycles. The van der Waals surface area contributed by atoms with Gasteiger partial charge in [-0.1, -0.05) is 30.3 Å². The van der Waals surface area contributed by atoms with E-state index in [2.05, 4.69) is 10.3 Å². The summed E-state index contributed by atoms with van der Waals surface area (Å²) in [6.45, 7) is 4.11. The maximum Gasteiger partial charge on any atom is 0.252 e. The first-order valence-electron chi connectivity index (χ1n) is 6.56. The number of pyridine rings is 1. The molecule has 2 rings (SSSR count). The largest absolute Gasteiger partial charge is 0.342 e. The number of aryl methyl sites for hydroxylation is 1. The highest BCUT2D eigenvalue weighted by Gasteiger charge is 2.27. The highest BCUT2D eigenvalue weighted by atomic mass is 16.1. The van der Waals surface area contributed by atoms with Gasteiger partial charge in [0.2, 0.25) is 0 Å². The number of hydrogen-bond donors (Lipinski definition) is 2. The van der Waals surface area contributed by atoms with Gasteiger partial charge in [0, 0.05) is 24.0 Å². The average molecular weight is 269 g/mol. The molecule has 4 heteroatoms. The minimum atomic E-state index is -0.588. The van der Waals surface area contributed by atoms with Gasteiger partial charge in [0.25, 0.3) is 5.91 Å². The van der Waals surface area contributed by atoms with Crippen molar-refractivity contribution in [2.24, 2.45) is 5.73 Å². The summed E-state index contributed by atoms with van der Waals surface area (Å²) in [5.41, 5.74) is 7.67. The maximum absolute atomic E-state index is 12.4. The van der Waals surface area contributed by atoms with Crippen molar-refractivity contribution in [2.45, 2.75) is 19.4 Å². The van der Waals surface area contributed by atoms with Crippen molar-refractivity contribution in [3.63, 3.8) is 0 Å². The molecule has 1 aromatic heterocycles. The summed E-state index contributed by atoms with van der Waals surface area (Å²) in [7, 11) is 0. The van der Waals surface area contributed by atoms with Crippen LogP contribution < -0.4 is 11.1 Å². The lowest BCUT2D eigenvalue weighted by molar-refractivity contribution is 0.0907. The monoisotopic (exact) mass is 269 g/mol. The molecule has 0 radical (unpaired) electrons. The molecule has 0 fully saturated rings. The van der Waals surface area contributed by atoms with Crippen LogP contribution in [0, 0.1) is 6.92 Å². The van der Waals surface area contributed by atoms with Gasteiger partial charge in [-0.25, -0.2) is 0 Å². The summed E-state index contributed by atoms with van der Waals surface area (Å²) in [4.78, 5) is 16.4. The Morgan fingerprint density at radius 1 is 1.30 bits per heavy atom. The number of aromatic nitrogens is 1. The topological polar surface area (TPSA) is 68.0 Å². The SMILES string of the molecule is Cc1cc(C(=O)NC(C)(CN)c2ccccc2)ccn1. The quantitative estimate of drug-likeness (QED) is 0.892. The van der Waals surface area contributed by atoms with E-state index in [4.69, 9.17) is 5.73 Å². The molecule has 4 nitrogen and oxygen atoms in total. The lowest BCUT2D eigenvalue weighted by atomic mass is 9.91. The van der Waals surface area contributed by atoms with Crippen LogP contribution in [0.1, 0.15) is 28.5 Å². The third kappa shape index (κ3) is 3.03. The van der Waals surface area contributed by atoms with Crippen LogP contribution in [0.15, 0.2) is 48.7 Å². The zero-order valence-electron chi connectivity index (χ0n) is 11.8. The Morgan fingerprint density at radius 3 is 2.60 bits per heavy atom. The lowest BCUT2D eigenvalue weighted by Gasteiger charge is -2.30. The Balaban J connectivity index is 2.24. The van der Waals surface area contributed by atoms with Crippen molar-refractivity contribution in [2.75, 3.05) is 6.54 Å². The summed E-state index contributed by atoms with van der Waals surface area (Å²) in [6, 6.07) is 13.2. The van der Waals surface area contributed by atoms with Crippen LogP contribution in [0.5, 0.6) is 0 Å². The Hall–Kier alpha value is -2.20. The molecule has 20 heavy (non-hydrogen) atoms. The molecule has 1 heterocycles. The fraction of sp³-hybridized carbons (Fsp3) is 0.250. The Labute approximate surface area is 119 Å². The minimum Gasteiger partial charge on any atom is -0.342 e. The molecule has 0 aliphatic rings. The van der Waals surface area contributed by atoms with Gasteiger partial charge in [-0.05, 0) is 31.5 Å². The van der Waals surface area contributed by atoms with Crippen molar-refractivity contribution < 1.29 is 4.79 Å². The van der Waals surface area contributed by atoms with E-state index in [9.17, 15) is 4.79 Å². The van der Waals surface area contributed by atoms with E-state index in [1.54, 1.807) is 18.3 Å². The normalized spacial score (nSPS) is 13.6. The van der Waals surface area contributed by atoms with Crippen LogP contribution >= 0.6 is 0 Å². The number of carbonyl (C=O) groups excluding carboxylic acids is 1. The van der Waals surface area contributed by atoms with Crippen LogP contribution in [0.25, 0.3) is 0 Å². The Kier molecular flexibility index (Phi) is 4.15. The third-order valence-corrected chi connectivity index (χ3v) is 3.37. The first kappa shape index (κ1) is 14.2. The molecular formula is C16H19N3O. The molecule has 0 saturated heterocycles. The predicted octanol–water partition coefficient (Wildman–Crippen LogP) is 1.99. The number of nitrogens with zero attached hydrogens (tertiary/aromatic N) is 1. The molecule has 0 spiro atoms. The standard InChI is InChI=1S/C16H19N3O/c1-12-10-13(8-9-18-12)15(20)19-16(2,11-17)14-6-4-3-5-7-14/h3-10H,11,17H2,1-2H3,(H,19,20). The van der Waals surface area contributed by atoms with Gasteiger partial charge in [0.05, 0.1) is 5.54 Å². The number of nitrogens with one attached hydrogen (secondary N) is 1. The molecule has 0 bridgehead atoms. The van der Waals surface area contributed by atoms with E-state index in [0.29, 0.717) is 12.1 Å². The van der Waals surface area contributed by atoms with E-state index in [0.717, 1.165) is 11.3 Å². The van der Waals surface area contributed by atoms with Gasteiger partial charge in [-0.2, -0.15) is 0 Å². The highest BCUT2D eigenvalue weighted by molar-refractivity contribution is 5.94. The van der Waals surface area contributed by atoms with E-state index in [1.807, 2.05) is 44.2 Å². The third-order valence-electron chi connectivity index (χ3n) is 3.37. The number of carbonyl (C=O) groups is 1. The summed E-state index contributed by atoms with van der Waals surface area (Å²) in [5.74, 6) is -0.146. The average Bonchev–Trinajstić information content (AvgIpc) is 2.48. The molecule has 0 aliphatic carbocycles. The second kappa shape index (κ2) is 5.84. The van der Waals surface area contributed by atoms with Gasteiger partial charge in [-0.3, -0.25) is 9.78 Å². The molecule has 1 amide bonds. The first-order chi connectivity index (χ1) is 9.55. The van der Waals surface area contributed by atoms with Crippen molar-refractivity contribution in [3.05, 3.63) is 65.5 Å². The molecule has 104 valence electrons. The van der Waals surface area contributed by atoms with Gasteiger partial charge in [0.1, 0.15) is 0 Å². The van der Waals surface area contributed by atoms with E-state index < -0.39 is 5.54 Å². The molecule has 2 aromatic rings. The van der Waals surface area contributed by atoms with Crippen LogP contribution in [0.4, 0.5) is 0 Å². The van der Waals surface area contributed by atoms with Gasteiger partial charge < -0.3 is 11.1 Å². The second-order valence-electron chi connectivity index (χ2n) is 5.04. The smallest absolute Gasteiger partial charge is 0.252 e. The fourth-order valence-corrected chi connectivity index (χ4v) is 2.06. The lowest BCUT2D eigenvalue weighted by Crippen LogP contribution is -2.48. The van der Waals surface area contributed by atoms with Crippen LogP contribution in [0.2, 0.25) is 0 Å². The molecule has 1 atom stereocenters. The number of amides is 1. The Bertz CT molecular complexity index is 598. The molecule has 0 saturated carbocycles. The van der Waals surface area contributed by atoms with Crippen LogP contribution in [-0.2, 0) is 5.54 Å². The van der Waals surface area contributed by atoms with E-state index in [-0.39, 0.29) is 5.91 Å². The van der Waals surface area contributed by atoms with E-state index >= 15 is 0 Å². The zero-order chi connectivity index (χ0) is 14.6. The number of rotatable bonds is 4. The number of nitrogens with two attached hydrogens (primary N) is 1. The van der Waals surface area contributed by atoms with Crippen molar-refractivity contribution in [1.29, 1.82) is 0 Å². The van der Waals surface area contributed by atoms with Gasteiger partial charge >= 0.3 is 0 Å². The summed E-state index contributed by atoms with van der Waals surface area (Å²) in [6.07, 6.45) is 1.63. The molecular weight excluding hydrogens is 250 g/mol. The zero-order valence-corrected chi connectivity index (χ0v) is 11.8. The minimum absolute atomic E-state index is 0.146. The summed E-state index contributed by atoms with van der Waals surface area (Å²) in [5, 5.41) is 3.01. The van der Waals surface area contributed by atoms with Crippen molar-refractivity contribution >= 4 is 5.91 Å². The van der Waals surface area contributed by atoms with Crippen LogP contribution in [-0.4, -0.2) is 17.4 Å². The molecule has 1 aromatic carbocycles. The van der Waals surface area contributed by atoms with Gasteiger partial charge in [-0.15, -0.1) is 0 Å². The second-order valence-corrected chi connectivity index (χ2v) is 5.04. The van der Waals surface area contributed by atoms with Gasteiger partial charge in [0.15, 0.2) is 0 Å². The van der Waals surface area contributed by atoms with Crippen molar-refractivity contribution in [3.8, 4) is 0 Å². The highest BCUT2D eigenvalue weighted by Crippen LogP contribution is 2.19. The number of hydrogen-bond acceptors (Lipinski definition) is 3. The maximum atomic E-state index is 12.4. The summed E-state index contributed by atoms with van der Waals surface area (Å²) < 4.78 is 0. The van der Waals surface area contributed by atoms with Crippen LogP contribution in [0.3, 0.4) is 0 Å². The first-order valence-corrected chi connectivity index (χ1v) is 6.56. The Morgan fingerprint density at radius 2 is 2.00 bits per heavy atom. The van der Waals surface area contributed by atoms with E-state index in [1.165, 1.54) is 0 Å². The predicted molar refractivity (Wildman–Crippen MR) is 79.3 cm³/mol. The van der Waals surface area contributed by atoms with Crippen molar-refractivity contribution in [1.82, 2.24) is 10.3 Å². The number of benzene rings is 1. The molecule has 1 unspecified atom stereocenters.